The Bertz CT molecular complexity index is 659. The minimum Gasteiger partial charge on any atom is -0.469 e. The molecule has 3 rings (SSSR count). The molecular formula is C21H31ClN2O3S. The number of nitrogens with one attached hydrogen (secondary N) is 1. The molecule has 7 heteroatoms. The van der Waals surface area contributed by atoms with Gasteiger partial charge in [-0.3, -0.25) is 9.59 Å². The van der Waals surface area contributed by atoms with E-state index in [9.17, 15) is 9.59 Å². The molecule has 2 atom stereocenters. The molecule has 0 heterocycles. The minimum absolute atomic E-state index is 0. The van der Waals surface area contributed by atoms with Crippen LogP contribution in [0, 0.1) is 17.8 Å². The molecule has 2 aliphatic rings. The summed E-state index contributed by atoms with van der Waals surface area (Å²) in [6.07, 6.45) is 5.86. The van der Waals surface area contributed by atoms with E-state index in [0.29, 0.717) is 18.3 Å². The summed E-state index contributed by atoms with van der Waals surface area (Å²) in [6.45, 7) is 0. The fourth-order valence-electron chi connectivity index (χ4n) is 4.43. The highest BCUT2D eigenvalue weighted by atomic mass is 35.5. The number of carbonyl (C=O) groups is 2. The molecule has 2 aliphatic carbocycles. The van der Waals surface area contributed by atoms with Gasteiger partial charge in [0.15, 0.2) is 0 Å². The van der Waals surface area contributed by atoms with Crippen molar-refractivity contribution >= 4 is 41.7 Å². The fraction of sp³-hybridized carbons (Fsp3) is 0.619. The van der Waals surface area contributed by atoms with Gasteiger partial charge in [0.1, 0.15) is 0 Å². The lowest BCUT2D eigenvalue weighted by molar-refractivity contribution is -0.140. The van der Waals surface area contributed by atoms with Crippen LogP contribution in [0.4, 0.5) is 5.69 Å². The molecule has 1 aromatic carbocycles. The van der Waals surface area contributed by atoms with Gasteiger partial charge < -0.3 is 15.8 Å². The van der Waals surface area contributed by atoms with Crippen LogP contribution in [0.25, 0.3) is 0 Å². The molecule has 2 saturated carbocycles. The van der Waals surface area contributed by atoms with Gasteiger partial charge in [-0.05, 0) is 55.2 Å². The van der Waals surface area contributed by atoms with Crippen LogP contribution < -0.4 is 11.1 Å². The number of hydrogen-bond acceptors (Lipinski definition) is 5. The van der Waals surface area contributed by atoms with E-state index in [1.807, 2.05) is 24.3 Å². The van der Waals surface area contributed by atoms with Gasteiger partial charge in [0.05, 0.1) is 13.5 Å². The van der Waals surface area contributed by atoms with Gasteiger partial charge in [0.25, 0.3) is 0 Å². The normalized spacial score (nSPS) is 26.1. The van der Waals surface area contributed by atoms with Gasteiger partial charge in [-0.1, -0.05) is 18.6 Å². The van der Waals surface area contributed by atoms with Crippen molar-refractivity contribution in [1.82, 2.24) is 0 Å². The lowest BCUT2D eigenvalue weighted by Crippen LogP contribution is -2.48. The molecule has 1 amide bonds. The number of halogens is 1. The number of ether oxygens (including phenoxy) is 1. The lowest BCUT2D eigenvalue weighted by Gasteiger charge is -2.43. The topological polar surface area (TPSA) is 81.4 Å². The molecular weight excluding hydrogens is 396 g/mol. The summed E-state index contributed by atoms with van der Waals surface area (Å²) in [7, 11) is 1.41. The number of thioether (sulfide) groups is 1. The largest absolute Gasteiger partial charge is 0.469 e. The smallest absolute Gasteiger partial charge is 0.306 e. The van der Waals surface area contributed by atoms with E-state index >= 15 is 0 Å². The first kappa shape index (κ1) is 23.0. The van der Waals surface area contributed by atoms with Crippen molar-refractivity contribution in [3.8, 4) is 0 Å². The Labute approximate surface area is 177 Å². The molecule has 3 N–H and O–H groups in total. The molecule has 28 heavy (non-hydrogen) atoms. The first-order chi connectivity index (χ1) is 13.1. The third-order valence-corrected chi connectivity index (χ3v) is 6.96. The van der Waals surface area contributed by atoms with Crippen LogP contribution in [0.15, 0.2) is 24.3 Å². The van der Waals surface area contributed by atoms with Crippen molar-refractivity contribution in [3.05, 3.63) is 29.8 Å². The van der Waals surface area contributed by atoms with Crippen molar-refractivity contribution in [2.75, 3.05) is 18.2 Å². The quantitative estimate of drug-likeness (QED) is 0.508. The summed E-state index contributed by atoms with van der Waals surface area (Å²) in [5.41, 5.74) is 8.34. The lowest BCUT2D eigenvalue weighted by atomic mass is 9.65. The number of anilines is 1. The highest BCUT2D eigenvalue weighted by Gasteiger charge is 2.40. The summed E-state index contributed by atoms with van der Waals surface area (Å²) in [6, 6.07) is 8.27. The standard InChI is InChI=1S/C21H30N2O3S.ClH/c1-26-19(24)8-9-27-13-14-4-2-7-18(10-14)23-21(25)17-11-15-5-3-6-16(12-17)20(15)22;/h2,4,7,10,15-17,20H,3,5-6,8-9,11-13,22H2,1H3,(H,23,25);1H. The Hall–Kier alpha value is -1.24. The third-order valence-electron chi connectivity index (χ3n) is 5.93. The second kappa shape index (κ2) is 11.1. The molecule has 0 aromatic heterocycles. The molecule has 1 aromatic rings. The predicted molar refractivity (Wildman–Crippen MR) is 117 cm³/mol. The predicted octanol–water partition coefficient (Wildman–Crippen LogP) is 4.00. The summed E-state index contributed by atoms with van der Waals surface area (Å²) < 4.78 is 4.65. The molecule has 2 unspecified atom stereocenters. The van der Waals surface area contributed by atoms with Gasteiger partial charge in [0, 0.05) is 29.2 Å². The Morgan fingerprint density at radius 3 is 2.64 bits per heavy atom. The SMILES string of the molecule is COC(=O)CCSCc1cccc(NC(=O)C2CC3CCCC(C2)C3N)c1.Cl. The van der Waals surface area contributed by atoms with Gasteiger partial charge in [-0.15, -0.1) is 12.4 Å². The van der Waals surface area contributed by atoms with Crippen LogP contribution in [-0.2, 0) is 20.1 Å². The van der Waals surface area contributed by atoms with Crippen LogP contribution in [0.1, 0.15) is 44.1 Å². The fourth-order valence-corrected chi connectivity index (χ4v) is 5.30. The Morgan fingerprint density at radius 2 is 1.96 bits per heavy atom. The van der Waals surface area contributed by atoms with Crippen molar-refractivity contribution in [1.29, 1.82) is 0 Å². The first-order valence-electron chi connectivity index (χ1n) is 9.86. The van der Waals surface area contributed by atoms with E-state index in [1.165, 1.54) is 26.4 Å². The number of carbonyl (C=O) groups excluding carboxylic acids is 2. The number of rotatable bonds is 7. The van der Waals surface area contributed by atoms with E-state index in [2.05, 4.69) is 10.1 Å². The number of fused-ring (bicyclic) bond motifs is 2. The number of hydrogen-bond donors (Lipinski definition) is 2. The van der Waals surface area contributed by atoms with Crippen molar-refractivity contribution < 1.29 is 14.3 Å². The van der Waals surface area contributed by atoms with Gasteiger partial charge in [0.2, 0.25) is 5.91 Å². The van der Waals surface area contributed by atoms with E-state index in [1.54, 1.807) is 11.8 Å². The van der Waals surface area contributed by atoms with Crippen LogP contribution in [0.5, 0.6) is 0 Å². The first-order valence-corrected chi connectivity index (χ1v) is 11.0. The maximum Gasteiger partial charge on any atom is 0.306 e. The average Bonchev–Trinajstić information content (AvgIpc) is 2.65. The highest BCUT2D eigenvalue weighted by molar-refractivity contribution is 7.98. The van der Waals surface area contributed by atoms with E-state index in [0.717, 1.165) is 35.6 Å². The summed E-state index contributed by atoms with van der Waals surface area (Å²) in [5.74, 6) is 2.59. The molecule has 5 nitrogen and oxygen atoms in total. The zero-order valence-electron chi connectivity index (χ0n) is 16.4. The Kier molecular flexibility index (Phi) is 9.12. The number of benzene rings is 1. The van der Waals surface area contributed by atoms with Gasteiger partial charge in [-0.25, -0.2) is 0 Å². The van der Waals surface area contributed by atoms with Crippen LogP contribution in [0.2, 0.25) is 0 Å². The van der Waals surface area contributed by atoms with Crippen molar-refractivity contribution in [2.45, 2.75) is 50.3 Å². The maximum atomic E-state index is 12.8. The molecule has 156 valence electrons. The van der Waals surface area contributed by atoms with E-state index < -0.39 is 0 Å². The summed E-state index contributed by atoms with van der Waals surface area (Å²) in [5, 5.41) is 3.11. The third kappa shape index (κ3) is 6.13. The second-order valence-corrected chi connectivity index (χ2v) is 8.87. The van der Waals surface area contributed by atoms with Crippen molar-refractivity contribution in [3.63, 3.8) is 0 Å². The zero-order chi connectivity index (χ0) is 19.2. The molecule has 2 fully saturated rings. The van der Waals surface area contributed by atoms with E-state index in [-0.39, 0.29) is 36.2 Å². The molecule has 2 bridgehead atoms. The molecule has 0 aliphatic heterocycles. The molecule has 0 saturated heterocycles. The van der Waals surface area contributed by atoms with Gasteiger partial charge >= 0.3 is 5.97 Å². The molecule has 0 radical (unpaired) electrons. The number of esters is 1. The Morgan fingerprint density at radius 1 is 1.25 bits per heavy atom. The number of nitrogens with two attached hydrogens (primary N) is 1. The van der Waals surface area contributed by atoms with Crippen LogP contribution in [-0.4, -0.2) is 30.8 Å². The van der Waals surface area contributed by atoms with Crippen molar-refractivity contribution in [2.24, 2.45) is 23.5 Å². The molecule has 0 spiro atoms. The average molecular weight is 427 g/mol. The highest BCUT2D eigenvalue weighted by Crippen LogP contribution is 2.42. The maximum absolute atomic E-state index is 12.8. The second-order valence-electron chi connectivity index (χ2n) is 7.77. The monoisotopic (exact) mass is 426 g/mol. The van der Waals surface area contributed by atoms with Crippen LogP contribution in [0.3, 0.4) is 0 Å². The zero-order valence-corrected chi connectivity index (χ0v) is 18.0. The minimum atomic E-state index is -0.180. The number of amides is 1. The van der Waals surface area contributed by atoms with E-state index in [4.69, 9.17) is 5.73 Å². The van der Waals surface area contributed by atoms with Gasteiger partial charge in [-0.2, -0.15) is 11.8 Å². The number of methoxy groups -OCH3 is 1. The summed E-state index contributed by atoms with van der Waals surface area (Å²) >= 11 is 1.69. The Balaban J connectivity index is 0.00000280. The van der Waals surface area contributed by atoms with Crippen LogP contribution >= 0.6 is 24.2 Å². The summed E-state index contributed by atoms with van der Waals surface area (Å²) in [4.78, 5) is 23.9.